The Morgan fingerprint density at radius 2 is 2.15 bits per heavy atom. The van der Waals surface area contributed by atoms with Gasteiger partial charge in [0.1, 0.15) is 11.5 Å². The molecular formula is C16H15N3O. The number of benzene rings is 1. The van der Waals surface area contributed by atoms with E-state index in [1.54, 1.807) is 6.21 Å². The highest BCUT2D eigenvalue weighted by atomic mass is 16.3. The maximum Gasteiger partial charge on any atom is 0.230 e. The lowest BCUT2D eigenvalue weighted by Gasteiger charge is -2.01. The third kappa shape index (κ3) is 2.28. The van der Waals surface area contributed by atoms with Crippen molar-refractivity contribution >= 4 is 23.2 Å². The summed E-state index contributed by atoms with van der Waals surface area (Å²) in [5.74, 6) is 2.24. The van der Waals surface area contributed by atoms with E-state index in [0.29, 0.717) is 12.5 Å². The minimum absolute atomic E-state index is 0.653. The maximum atomic E-state index is 5.47. The van der Waals surface area contributed by atoms with Crippen LogP contribution in [0.15, 0.2) is 58.5 Å². The highest BCUT2D eigenvalue weighted by molar-refractivity contribution is 5.81. The van der Waals surface area contributed by atoms with Gasteiger partial charge in [0.2, 0.25) is 5.95 Å². The van der Waals surface area contributed by atoms with Gasteiger partial charge in [-0.2, -0.15) is 0 Å². The zero-order valence-corrected chi connectivity index (χ0v) is 11.3. The molecule has 0 saturated heterocycles. The first-order chi connectivity index (χ1) is 9.78. The van der Waals surface area contributed by atoms with Gasteiger partial charge < -0.3 is 8.98 Å². The first-order valence-electron chi connectivity index (χ1n) is 6.44. The van der Waals surface area contributed by atoms with Crippen LogP contribution in [-0.4, -0.2) is 15.8 Å². The van der Waals surface area contributed by atoms with Gasteiger partial charge in [0.15, 0.2) is 0 Å². The van der Waals surface area contributed by atoms with E-state index in [4.69, 9.17) is 4.42 Å². The van der Waals surface area contributed by atoms with E-state index in [1.165, 1.54) is 0 Å². The monoisotopic (exact) mass is 265 g/mol. The summed E-state index contributed by atoms with van der Waals surface area (Å²) < 4.78 is 7.50. The predicted octanol–water partition coefficient (Wildman–Crippen LogP) is 3.87. The second kappa shape index (κ2) is 5.17. The van der Waals surface area contributed by atoms with Gasteiger partial charge >= 0.3 is 0 Å². The summed E-state index contributed by atoms with van der Waals surface area (Å²) in [7, 11) is 0. The number of aliphatic imine (C=N–C) groups is 1. The number of aromatic nitrogens is 2. The minimum Gasteiger partial charge on any atom is -0.460 e. The highest BCUT2D eigenvalue weighted by Gasteiger charge is 2.07. The minimum atomic E-state index is 0.653. The molecule has 0 N–H and O–H groups in total. The summed E-state index contributed by atoms with van der Waals surface area (Å²) in [5.41, 5.74) is 1.98. The van der Waals surface area contributed by atoms with Crippen molar-refractivity contribution in [1.29, 1.82) is 0 Å². The molecule has 20 heavy (non-hydrogen) atoms. The fourth-order valence-corrected chi connectivity index (χ4v) is 2.11. The molecule has 3 rings (SSSR count). The Hall–Kier alpha value is -2.62. The van der Waals surface area contributed by atoms with Gasteiger partial charge in [0, 0.05) is 6.54 Å². The number of aryl methyl sites for hydroxylation is 1. The first-order valence-corrected chi connectivity index (χ1v) is 6.44. The standard InChI is InChI=1S/C16H15N3O/c1-3-10-19-15-7-5-4-6-14(15)18-16(19)17-11-13-9-8-12(2)20-13/h3-9,11H,1,10H2,2H3/b17-11+. The molecule has 1 aromatic carbocycles. The number of para-hydroxylation sites is 2. The summed E-state index contributed by atoms with van der Waals surface area (Å²) in [6.45, 7) is 6.36. The number of hydrogen-bond donors (Lipinski definition) is 0. The normalized spacial score (nSPS) is 11.4. The zero-order chi connectivity index (χ0) is 13.9. The molecule has 2 heterocycles. The smallest absolute Gasteiger partial charge is 0.230 e. The Morgan fingerprint density at radius 3 is 2.90 bits per heavy atom. The van der Waals surface area contributed by atoms with Gasteiger partial charge in [-0.3, -0.25) is 0 Å². The fraction of sp³-hybridized carbons (Fsp3) is 0.125. The van der Waals surface area contributed by atoms with Gasteiger partial charge in [-0.15, -0.1) is 6.58 Å². The molecule has 0 fully saturated rings. The lowest BCUT2D eigenvalue weighted by molar-refractivity contribution is 0.528. The number of furan rings is 1. The third-order valence-electron chi connectivity index (χ3n) is 3.01. The number of nitrogens with zero attached hydrogens (tertiary/aromatic N) is 3. The Kier molecular flexibility index (Phi) is 3.21. The Labute approximate surface area is 117 Å². The molecule has 2 aromatic heterocycles. The van der Waals surface area contributed by atoms with E-state index >= 15 is 0 Å². The van der Waals surface area contributed by atoms with Crippen molar-refractivity contribution in [2.45, 2.75) is 13.5 Å². The number of allylic oxidation sites excluding steroid dienone is 1. The summed E-state index contributed by atoms with van der Waals surface area (Å²) in [4.78, 5) is 8.96. The number of rotatable bonds is 4. The van der Waals surface area contributed by atoms with E-state index in [0.717, 1.165) is 22.6 Å². The molecule has 0 spiro atoms. The molecule has 0 bridgehead atoms. The van der Waals surface area contributed by atoms with Crippen LogP contribution in [0.4, 0.5) is 5.95 Å². The lowest BCUT2D eigenvalue weighted by Crippen LogP contribution is -1.94. The largest absolute Gasteiger partial charge is 0.460 e. The van der Waals surface area contributed by atoms with Gasteiger partial charge in [0.25, 0.3) is 0 Å². The van der Waals surface area contributed by atoms with Crippen molar-refractivity contribution in [2.75, 3.05) is 0 Å². The topological polar surface area (TPSA) is 43.3 Å². The second-order valence-electron chi connectivity index (χ2n) is 4.51. The average Bonchev–Trinajstić information content (AvgIpc) is 3.02. The molecule has 0 aliphatic carbocycles. The molecule has 4 nitrogen and oxygen atoms in total. The van der Waals surface area contributed by atoms with Crippen molar-refractivity contribution in [3.63, 3.8) is 0 Å². The summed E-state index contributed by atoms with van der Waals surface area (Å²) in [5, 5.41) is 0. The molecule has 0 saturated carbocycles. The molecule has 0 amide bonds. The Morgan fingerprint density at radius 1 is 1.30 bits per heavy atom. The van der Waals surface area contributed by atoms with Gasteiger partial charge in [-0.1, -0.05) is 18.2 Å². The van der Waals surface area contributed by atoms with Crippen LogP contribution in [0.2, 0.25) is 0 Å². The Bertz CT molecular complexity index is 780. The van der Waals surface area contributed by atoms with Crippen molar-refractivity contribution in [2.24, 2.45) is 4.99 Å². The second-order valence-corrected chi connectivity index (χ2v) is 4.51. The van der Waals surface area contributed by atoms with Gasteiger partial charge in [-0.25, -0.2) is 9.98 Å². The van der Waals surface area contributed by atoms with Crippen molar-refractivity contribution in [1.82, 2.24) is 9.55 Å². The van der Waals surface area contributed by atoms with E-state index in [9.17, 15) is 0 Å². The lowest BCUT2D eigenvalue weighted by atomic mass is 10.3. The van der Waals surface area contributed by atoms with Crippen molar-refractivity contribution in [3.8, 4) is 0 Å². The van der Waals surface area contributed by atoms with Crippen LogP contribution in [0, 0.1) is 6.92 Å². The molecule has 4 heteroatoms. The van der Waals surface area contributed by atoms with Crippen LogP contribution in [0.1, 0.15) is 11.5 Å². The number of fused-ring (bicyclic) bond motifs is 1. The van der Waals surface area contributed by atoms with Crippen molar-refractivity contribution in [3.05, 3.63) is 60.6 Å². The highest BCUT2D eigenvalue weighted by Crippen LogP contribution is 2.21. The van der Waals surface area contributed by atoms with Crippen LogP contribution < -0.4 is 0 Å². The molecule has 0 unspecified atom stereocenters. The van der Waals surface area contributed by atoms with E-state index in [-0.39, 0.29) is 0 Å². The zero-order valence-electron chi connectivity index (χ0n) is 11.3. The molecule has 0 radical (unpaired) electrons. The first kappa shape index (κ1) is 12.4. The summed E-state index contributed by atoms with van der Waals surface area (Å²) in [6.07, 6.45) is 3.53. The molecule has 3 aromatic rings. The molecule has 100 valence electrons. The summed E-state index contributed by atoms with van der Waals surface area (Å²) >= 11 is 0. The third-order valence-corrected chi connectivity index (χ3v) is 3.01. The summed E-state index contributed by atoms with van der Waals surface area (Å²) in [6, 6.07) is 11.8. The molecule has 0 aliphatic rings. The predicted molar refractivity (Wildman–Crippen MR) is 80.6 cm³/mol. The van der Waals surface area contributed by atoms with Crippen LogP contribution in [0.5, 0.6) is 0 Å². The van der Waals surface area contributed by atoms with E-state index < -0.39 is 0 Å². The van der Waals surface area contributed by atoms with Crippen LogP contribution in [0.3, 0.4) is 0 Å². The Balaban J connectivity index is 2.03. The van der Waals surface area contributed by atoms with Gasteiger partial charge in [-0.05, 0) is 31.2 Å². The quantitative estimate of drug-likeness (QED) is 0.531. The maximum absolute atomic E-state index is 5.47. The fourth-order valence-electron chi connectivity index (χ4n) is 2.11. The molecule has 0 aliphatic heterocycles. The average molecular weight is 265 g/mol. The van der Waals surface area contributed by atoms with Crippen LogP contribution >= 0.6 is 0 Å². The van der Waals surface area contributed by atoms with E-state index in [1.807, 2.05) is 54.0 Å². The molecular weight excluding hydrogens is 250 g/mol. The van der Waals surface area contributed by atoms with Crippen molar-refractivity contribution < 1.29 is 4.42 Å². The van der Waals surface area contributed by atoms with E-state index in [2.05, 4.69) is 16.6 Å². The number of hydrogen-bond acceptors (Lipinski definition) is 3. The SMILES string of the molecule is C=CCn1c(/N=C/c2ccc(C)o2)nc2ccccc21. The number of imidazole rings is 1. The van der Waals surface area contributed by atoms with Gasteiger partial charge in [0.05, 0.1) is 17.2 Å². The molecule has 0 atom stereocenters. The van der Waals surface area contributed by atoms with Crippen LogP contribution in [-0.2, 0) is 6.54 Å². The van der Waals surface area contributed by atoms with Crippen LogP contribution in [0.25, 0.3) is 11.0 Å².